The van der Waals surface area contributed by atoms with Crippen molar-refractivity contribution in [3.8, 4) is 17.2 Å². The number of amides is 1. The maximum Gasteiger partial charge on any atom is 0.333 e. The van der Waals surface area contributed by atoms with Gasteiger partial charge in [-0.3, -0.25) is 4.79 Å². The largest absolute Gasteiger partial charge is 0.481 e. The Morgan fingerprint density at radius 2 is 1.42 bits per heavy atom. The molecule has 0 aliphatic heterocycles. The quantitative estimate of drug-likeness (QED) is 0.329. The number of carboxylic acid groups (broad SMARTS) is 1. The lowest BCUT2D eigenvalue weighted by molar-refractivity contribution is -0.150. The summed E-state index contributed by atoms with van der Waals surface area (Å²) in [6.45, 7) is 4.48. The first kappa shape index (κ1) is 26.8. The molecular formula is C29H33NO6. The molecule has 0 aliphatic rings. The second-order valence-corrected chi connectivity index (χ2v) is 8.25. The zero-order valence-electron chi connectivity index (χ0n) is 20.7. The van der Waals surface area contributed by atoms with Crippen molar-refractivity contribution in [2.24, 2.45) is 0 Å². The van der Waals surface area contributed by atoms with Crippen molar-refractivity contribution in [3.05, 3.63) is 90.0 Å². The number of ether oxygens (including phenoxy) is 3. The SMILES string of the molecule is CCOC(Cc1ccc(OC(CC)C(=O)NCCc2ccc(Oc3ccccc3)cc2)cc1)C(=O)O. The van der Waals surface area contributed by atoms with Gasteiger partial charge < -0.3 is 24.6 Å². The highest BCUT2D eigenvalue weighted by molar-refractivity contribution is 5.81. The molecule has 0 spiro atoms. The van der Waals surface area contributed by atoms with Crippen LogP contribution < -0.4 is 14.8 Å². The van der Waals surface area contributed by atoms with Gasteiger partial charge in [-0.25, -0.2) is 4.79 Å². The first-order valence-electron chi connectivity index (χ1n) is 12.2. The highest BCUT2D eigenvalue weighted by atomic mass is 16.5. The van der Waals surface area contributed by atoms with E-state index in [1.807, 2.05) is 61.5 Å². The van der Waals surface area contributed by atoms with E-state index in [1.165, 1.54) is 0 Å². The molecule has 2 N–H and O–H groups in total. The van der Waals surface area contributed by atoms with Gasteiger partial charge in [0.1, 0.15) is 17.2 Å². The van der Waals surface area contributed by atoms with Crippen molar-refractivity contribution in [1.29, 1.82) is 0 Å². The summed E-state index contributed by atoms with van der Waals surface area (Å²) in [5, 5.41) is 12.2. The molecule has 1 amide bonds. The van der Waals surface area contributed by atoms with Crippen LogP contribution in [-0.2, 0) is 27.2 Å². The third-order valence-corrected chi connectivity index (χ3v) is 5.54. The predicted octanol–water partition coefficient (Wildman–Crippen LogP) is 5.03. The van der Waals surface area contributed by atoms with Crippen LogP contribution in [0.3, 0.4) is 0 Å². The van der Waals surface area contributed by atoms with Crippen molar-refractivity contribution in [1.82, 2.24) is 5.32 Å². The number of hydrogen-bond acceptors (Lipinski definition) is 5. The highest BCUT2D eigenvalue weighted by Crippen LogP contribution is 2.21. The molecule has 36 heavy (non-hydrogen) atoms. The van der Waals surface area contributed by atoms with Crippen molar-refractivity contribution in [3.63, 3.8) is 0 Å². The van der Waals surface area contributed by atoms with Crippen LogP contribution in [-0.4, -0.2) is 42.3 Å². The lowest BCUT2D eigenvalue weighted by Gasteiger charge is -2.18. The van der Waals surface area contributed by atoms with Crippen molar-refractivity contribution in [2.45, 2.75) is 45.3 Å². The van der Waals surface area contributed by atoms with Crippen LogP contribution in [0.25, 0.3) is 0 Å². The van der Waals surface area contributed by atoms with Crippen molar-refractivity contribution in [2.75, 3.05) is 13.2 Å². The maximum absolute atomic E-state index is 12.6. The number of carbonyl (C=O) groups excluding carboxylic acids is 1. The summed E-state index contributed by atoms with van der Waals surface area (Å²) >= 11 is 0. The van der Waals surface area contributed by atoms with E-state index in [2.05, 4.69) is 5.32 Å². The molecule has 0 aromatic heterocycles. The van der Waals surface area contributed by atoms with Gasteiger partial charge in [-0.15, -0.1) is 0 Å². The van der Waals surface area contributed by atoms with Crippen LogP contribution in [0.15, 0.2) is 78.9 Å². The molecule has 0 aliphatic carbocycles. The van der Waals surface area contributed by atoms with Gasteiger partial charge in [0.2, 0.25) is 0 Å². The average molecular weight is 492 g/mol. The van der Waals surface area contributed by atoms with Gasteiger partial charge in [0.05, 0.1) is 0 Å². The van der Waals surface area contributed by atoms with Crippen LogP contribution in [0.5, 0.6) is 17.2 Å². The van der Waals surface area contributed by atoms with E-state index in [1.54, 1.807) is 31.2 Å². The molecule has 190 valence electrons. The molecule has 0 radical (unpaired) electrons. The molecule has 2 atom stereocenters. The van der Waals surface area contributed by atoms with Crippen LogP contribution >= 0.6 is 0 Å². The lowest BCUT2D eigenvalue weighted by Crippen LogP contribution is -2.38. The normalized spacial score (nSPS) is 12.4. The van der Waals surface area contributed by atoms with E-state index < -0.39 is 18.2 Å². The Bertz CT molecular complexity index is 1080. The molecule has 0 heterocycles. The van der Waals surface area contributed by atoms with Gasteiger partial charge in [-0.2, -0.15) is 0 Å². The fourth-order valence-corrected chi connectivity index (χ4v) is 3.62. The summed E-state index contributed by atoms with van der Waals surface area (Å²) in [5.41, 5.74) is 1.91. The number of benzene rings is 3. The zero-order valence-corrected chi connectivity index (χ0v) is 20.7. The summed E-state index contributed by atoms with van der Waals surface area (Å²) in [6, 6.07) is 24.5. The standard InChI is InChI=1S/C29H33NO6/c1-3-26(36-25-16-12-22(13-17-25)20-27(29(32)33)34-4-2)28(31)30-19-18-21-10-14-24(15-11-21)35-23-8-6-5-7-9-23/h5-17,26-27H,3-4,18-20H2,1-2H3,(H,30,31)(H,32,33). The third-order valence-electron chi connectivity index (χ3n) is 5.54. The third kappa shape index (κ3) is 8.43. The minimum Gasteiger partial charge on any atom is -0.481 e. The Kier molecular flexibility index (Phi) is 10.3. The summed E-state index contributed by atoms with van der Waals surface area (Å²) in [5.74, 6) is 0.936. The highest BCUT2D eigenvalue weighted by Gasteiger charge is 2.20. The van der Waals surface area contributed by atoms with E-state index in [9.17, 15) is 14.7 Å². The van der Waals surface area contributed by atoms with Gasteiger partial charge in [0.25, 0.3) is 5.91 Å². The maximum atomic E-state index is 12.6. The summed E-state index contributed by atoms with van der Waals surface area (Å²) < 4.78 is 16.9. The molecule has 2 unspecified atom stereocenters. The lowest BCUT2D eigenvalue weighted by atomic mass is 10.1. The van der Waals surface area contributed by atoms with Crippen LogP contribution in [0, 0.1) is 0 Å². The molecule has 7 heteroatoms. The fraction of sp³-hybridized carbons (Fsp3) is 0.310. The van der Waals surface area contributed by atoms with E-state index in [0.29, 0.717) is 31.7 Å². The molecule has 0 saturated heterocycles. The Hall–Kier alpha value is -3.84. The van der Waals surface area contributed by atoms with Gasteiger partial charge in [-0.05, 0) is 67.3 Å². The second-order valence-electron chi connectivity index (χ2n) is 8.25. The number of para-hydroxylation sites is 1. The summed E-state index contributed by atoms with van der Waals surface area (Å²) in [6.07, 6.45) is -0.0332. The van der Waals surface area contributed by atoms with E-state index in [4.69, 9.17) is 14.2 Å². The molecule has 3 rings (SSSR count). The Morgan fingerprint density at radius 3 is 2.03 bits per heavy atom. The van der Waals surface area contributed by atoms with Gasteiger partial charge >= 0.3 is 5.97 Å². The first-order valence-corrected chi connectivity index (χ1v) is 12.2. The number of carboxylic acids is 1. The zero-order chi connectivity index (χ0) is 25.8. The van der Waals surface area contributed by atoms with Gasteiger partial charge in [0.15, 0.2) is 12.2 Å². The number of nitrogens with one attached hydrogen (secondary N) is 1. The topological polar surface area (TPSA) is 94.1 Å². The molecule has 0 fully saturated rings. The van der Waals surface area contributed by atoms with E-state index in [0.717, 1.165) is 22.6 Å². The monoisotopic (exact) mass is 491 g/mol. The minimum absolute atomic E-state index is 0.173. The van der Waals surface area contributed by atoms with E-state index >= 15 is 0 Å². The fourth-order valence-electron chi connectivity index (χ4n) is 3.62. The molecule has 0 saturated carbocycles. The van der Waals surface area contributed by atoms with Crippen molar-refractivity contribution >= 4 is 11.9 Å². The van der Waals surface area contributed by atoms with Crippen LogP contribution in [0.1, 0.15) is 31.4 Å². The number of rotatable bonds is 14. The number of carbonyl (C=O) groups is 2. The average Bonchev–Trinajstić information content (AvgIpc) is 2.89. The molecule has 7 nitrogen and oxygen atoms in total. The second kappa shape index (κ2) is 13.9. The number of aliphatic carboxylic acids is 1. The molecule has 3 aromatic carbocycles. The Labute approximate surface area is 212 Å². The summed E-state index contributed by atoms with van der Waals surface area (Å²) in [4.78, 5) is 23.9. The Balaban J connectivity index is 1.45. The minimum atomic E-state index is -0.989. The first-order chi connectivity index (χ1) is 17.5. The molecule has 0 bridgehead atoms. The summed E-state index contributed by atoms with van der Waals surface area (Å²) in [7, 11) is 0. The van der Waals surface area contributed by atoms with Gasteiger partial charge in [0, 0.05) is 19.6 Å². The van der Waals surface area contributed by atoms with E-state index in [-0.39, 0.29) is 12.3 Å². The van der Waals surface area contributed by atoms with Crippen LogP contribution in [0.4, 0.5) is 0 Å². The van der Waals surface area contributed by atoms with Crippen LogP contribution in [0.2, 0.25) is 0 Å². The molecular weight excluding hydrogens is 458 g/mol. The molecule has 3 aromatic rings. The number of hydrogen-bond donors (Lipinski definition) is 2. The smallest absolute Gasteiger partial charge is 0.333 e. The Morgan fingerprint density at radius 1 is 0.806 bits per heavy atom. The van der Waals surface area contributed by atoms with Crippen molar-refractivity contribution < 1.29 is 28.9 Å². The van der Waals surface area contributed by atoms with Gasteiger partial charge in [-0.1, -0.05) is 49.4 Å². The predicted molar refractivity (Wildman–Crippen MR) is 138 cm³/mol.